The lowest BCUT2D eigenvalue weighted by atomic mass is 9.43. The molecule has 0 bridgehead atoms. The molecule has 8 heteroatoms. The third kappa shape index (κ3) is 5.69. The van der Waals surface area contributed by atoms with Crippen molar-refractivity contribution in [1.29, 1.82) is 0 Å². The summed E-state index contributed by atoms with van der Waals surface area (Å²) in [6, 6.07) is 0. The molecule has 8 nitrogen and oxygen atoms in total. The van der Waals surface area contributed by atoms with Gasteiger partial charge >= 0.3 is 5.97 Å². The quantitative estimate of drug-likeness (QED) is 0.161. The van der Waals surface area contributed by atoms with Gasteiger partial charge in [0.25, 0.3) is 0 Å². The van der Waals surface area contributed by atoms with Crippen LogP contribution >= 0.6 is 0 Å². The molecular formula is C48H76O8. The summed E-state index contributed by atoms with van der Waals surface area (Å²) in [5.41, 5.74) is 0.926. The Balaban J connectivity index is 0.937. The number of carboxylic acid groups (broad SMARTS) is 1. The molecule has 8 fully saturated rings. The van der Waals surface area contributed by atoms with Gasteiger partial charge in [0.15, 0.2) is 0 Å². The number of aliphatic hydroxyl groups is 5. The van der Waals surface area contributed by atoms with E-state index in [2.05, 4.69) is 41.5 Å². The fourth-order valence-electron chi connectivity index (χ4n) is 18.1. The molecule has 9 rings (SSSR count). The van der Waals surface area contributed by atoms with Crippen LogP contribution in [-0.2, 0) is 9.53 Å². The molecule has 0 aromatic heterocycles. The minimum Gasteiger partial charge on any atom is -0.495 e. The number of carboxylic acids is 1. The first kappa shape index (κ1) is 40.2. The second kappa shape index (κ2) is 13.9. The van der Waals surface area contributed by atoms with E-state index in [9.17, 15) is 35.4 Å². The molecule has 0 heterocycles. The van der Waals surface area contributed by atoms with Gasteiger partial charge in [0, 0.05) is 18.3 Å². The fourth-order valence-corrected chi connectivity index (χ4v) is 18.1. The van der Waals surface area contributed by atoms with E-state index in [1.54, 1.807) is 0 Å². The molecule has 0 radical (unpaired) electrons. The number of ether oxygens (including phenoxy) is 1. The average Bonchev–Trinajstić information content (AvgIpc) is 3.67. The number of allylic oxidation sites excluding steroid dienone is 2. The topological polar surface area (TPSA) is 148 Å². The third-order valence-electron chi connectivity index (χ3n) is 21.1. The molecule has 6 N–H and O–H groups in total. The lowest BCUT2D eigenvalue weighted by molar-refractivity contribution is -0.208. The zero-order valence-corrected chi connectivity index (χ0v) is 35.4. The molecule has 0 saturated heterocycles. The summed E-state index contributed by atoms with van der Waals surface area (Å²) in [6.45, 7) is 14.0. The summed E-state index contributed by atoms with van der Waals surface area (Å²) in [7, 11) is 0. The van der Waals surface area contributed by atoms with E-state index in [4.69, 9.17) is 4.74 Å². The van der Waals surface area contributed by atoms with Crippen LogP contribution in [0, 0.1) is 92.7 Å². The third-order valence-corrected chi connectivity index (χ3v) is 21.1. The number of carbonyl (C=O) groups is 1. The van der Waals surface area contributed by atoms with E-state index in [0.29, 0.717) is 24.2 Å². The lowest BCUT2D eigenvalue weighted by Crippen LogP contribution is -2.62. The fraction of sp³-hybridized carbons (Fsp3) is 0.938. The van der Waals surface area contributed by atoms with Crippen molar-refractivity contribution in [3.8, 4) is 0 Å². The minimum absolute atomic E-state index is 0.0374. The van der Waals surface area contributed by atoms with E-state index in [0.717, 1.165) is 96.3 Å². The van der Waals surface area contributed by atoms with Crippen molar-refractivity contribution in [3.05, 3.63) is 11.3 Å². The van der Waals surface area contributed by atoms with Crippen LogP contribution in [0.1, 0.15) is 151 Å². The van der Waals surface area contributed by atoms with E-state index in [-0.39, 0.29) is 93.5 Å². The van der Waals surface area contributed by atoms with Gasteiger partial charge in [-0.15, -0.1) is 0 Å². The summed E-state index contributed by atoms with van der Waals surface area (Å²) in [5.74, 6) is 3.60. The number of rotatable bonds is 6. The van der Waals surface area contributed by atoms with Crippen LogP contribution in [0.25, 0.3) is 0 Å². The molecule has 9 aliphatic rings. The monoisotopic (exact) mass is 781 g/mol. The summed E-state index contributed by atoms with van der Waals surface area (Å²) >= 11 is 0. The standard InChI is InChI=1S/C48H76O8/c1-24(8-12-41(54)55)31-9-10-32-42-33(22-39(52)47(31,32)5)46(4)16-14-29(18-27(46)20-36(42)50)56-38-11-7-25(2)44-30(38)21-35-43-34(23-40(53)48(35,44)6)45(3)15-13-28(49)17-26(45)19-37(43)51/h24-29,31-37,39-40,42-44,49-53H,7-23H2,1-6H3,(H,54,55)/t24?,25?,26?,27?,28-,29?,31?,32?,33?,34?,35?,36-,37-,39+,40+,42?,43?,44?,45?,46?,47?,48?/m1/s1. The minimum atomic E-state index is -0.752. The van der Waals surface area contributed by atoms with Gasteiger partial charge in [-0.05, 0) is 189 Å². The molecule has 17 unspecified atom stereocenters. The number of fused-ring (bicyclic) bond motifs is 12. The maximum atomic E-state index is 12.3. The first-order valence-corrected chi connectivity index (χ1v) is 23.4. The van der Waals surface area contributed by atoms with Crippen LogP contribution in [0.4, 0.5) is 0 Å². The van der Waals surface area contributed by atoms with Crippen LogP contribution < -0.4 is 0 Å². The molecule has 22 atom stereocenters. The smallest absolute Gasteiger partial charge is 0.303 e. The van der Waals surface area contributed by atoms with E-state index >= 15 is 0 Å². The van der Waals surface area contributed by atoms with Gasteiger partial charge in [-0.25, -0.2) is 0 Å². The molecule has 0 amide bonds. The van der Waals surface area contributed by atoms with Gasteiger partial charge < -0.3 is 35.4 Å². The van der Waals surface area contributed by atoms with Crippen molar-refractivity contribution in [3.63, 3.8) is 0 Å². The SMILES string of the molecule is CC(CCC(=O)O)C1CCC2C3C(C[C@H](O)C12C)C1(C)CCC(OC2=C4CC5C6C(C[C@H](O)C5(C)C4C(C)CC2)C2(C)CC[C@@H](O)CC2C[C@H]6O)CC1C[C@H]3O. The Hall–Kier alpha value is -1.19. The number of hydrogen-bond acceptors (Lipinski definition) is 7. The molecule has 56 heavy (non-hydrogen) atoms. The largest absolute Gasteiger partial charge is 0.495 e. The Bertz CT molecular complexity index is 1560. The number of aliphatic carboxylic acids is 1. The summed E-state index contributed by atoms with van der Waals surface area (Å²) in [4.78, 5) is 11.4. The predicted octanol–water partition coefficient (Wildman–Crippen LogP) is 7.73. The van der Waals surface area contributed by atoms with Gasteiger partial charge in [0.1, 0.15) is 0 Å². The highest BCUT2D eigenvalue weighted by Gasteiger charge is 2.69. The molecule has 0 aliphatic heterocycles. The zero-order chi connectivity index (χ0) is 39.9. The highest BCUT2D eigenvalue weighted by Crippen LogP contribution is 2.72. The van der Waals surface area contributed by atoms with Gasteiger partial charge in [0.05, 0.1) is 42.4 Å². The van der Waals surface area contributed by atoms with Gasteiger partial charge in [-0.1, -0.05) is 41.5 Å². The summed E-state index contributed by atoms with van der Waals surface area (Å²) in [6.07, 6.45) is 12.4. The first-order valence-electron chi connectivity index (χ1n) is 23.4. The second-order valence-electron chi connectivity index (χ2n) is 23.0. The van der Waals surface area contributed by atoms with Crippen molar-refractivity contribution >= 4 is 5.97 Å². The first-order chi connectivity index (χ1) is 26.4. The van der Waals surface area contributed by atoms with Crippen molar-refractivity contribution in [2.24, 2.45) is 92.7 Å². The van der Waals surface area contributed by atoms with Crippen LogP contribution in [0.15, 0.2) is 11.3 Å². The van der Waals surface area contributed by atoms with E-state index < -0.39 is 30.4 Å². The van der Waals surface area contributed by atoms with Crippen LogP contribution in [-0.4, -0.2) is 73.2 Å². The van der Waals surface area contributed by atoms with Crippen LogP contribution in [0.5, 0.6) is 0 Å². The van der Waals surface area contributed by atoms with Gasteiger partial charge in [-0.3, -0.25) is 4.79 Å². The van der Waals surface area contributed by atoms with E-state index in [1.807, 2.05) is 0 Å². The number of hydrogen-bond donors (Lipinski definition) is 6. The molecule has 0 spiro atoms. The van der Waals surface area contributed by atoms with Crippen LogP contribution in [0.2, 0.25) is 0 Å². The van der Waals surface area contributed by atoms with Crippen LogP contribution in [0.3, 0.4) is 0 Å². The van der Waals surface area contributed by atoms with Crippen molar-refractivity contribution < 1.29 is 40.2 Å². The zero-order valence-electron chi connectivity index (χ0n) is 35.4. The highest BCUT2D eigenvalue weighted by atomic mass is 16.5. The van der Waals surface area contributed by atoms with Crippen molar-refractivity contribution in [2.75, 3.05) is 0 Å². The van der Waals surface area contributed by atoms with Crippen molar-refractivity contribution in [2.45, 2.75) is 187 Å². The van der Waals surface area contributed by atoms with E-state index in [1.165, 1.54) is 11.3 Å². The maximum Gasteiger partial charge on any atom is 0.303 e. The Morgan fingerprint density at radius 1 is 0.732 bits per heavy atom. The van der Waals surface area contributed by atoms with Gasteiger partial charge in [0.2, 0.25) is 0 Å². The molecule has 0 aromatic carbocycles. The molecule has 9 aliphatic carbocycles. The Labute approximate surface area is 336 Å². The molecule has 0 aromatic rings. The predicted molar refractivity (Wildman–Crippen MR) is 214 cm³/mol. The second-order valence-corrected chi connectivity index (χ2v) is 23.0. The van der Waals surface area contributed by atoms with Crippen molar-refractivity contribution in [1.82, 2.24) is 0 Å². The molecular weight excluding hydrogens is 705 g/mol. The lowest BCUT2D eigenvalue weighted by Gasteiger charge is -2.63. The normalized spacial score (nSPS) is 56.7. The summed E-state index contributed by atoms with van der Waals surface area (Å²) < 4.78 is 7.25. The summed E-state index contributed by atoms with van der Waals surface area (Å²) in [5, 5.41) is 68.4. The molecule has 316 valence electrons. The average molecular weight is 781 g/mol. The highest BCUT2D eigenvalue weighted by molar-refractivity contribution is 5.66. The Morgan fingerprint density at radius 3 is 2.00 bits per heavy atom. The molecule has 8 saturated carbocycles. The van der Waals surface area contributed by atoms with Gasteiger partial charge in [-0.2, -0.15) is 0 Å². The Kier molecular flexibility index (Phi) is 10.0. The Morgan fingerprint density at radius 2 is 1.34 bits per heavy atom. The maximum absolute atomic E-state index is 12.3. The number of aliphatic hydroxyl groups excluding tert-OH is 5.